The van der Waals surface area contributed by atoms with Crippen LogP contribution in [0.25, 0.3) is 0 Å². The normalized spacial score (nSPS) is 16.2. The molecule has 3 rings (SSSR count). The summed E-state index contributed by atoms with van der Waals surface area (Å²) in [5.74, 6) is -2.85. The number of phenols is 1. The van der Waals surface area contributed by atoms with E-state index in [0.29, 0.717) is 11.6 Å². The summed E-state index contributed by atoms with van der Waals surface area (Å²) in [6.07, 6.45) is -5.93. The zero-order valence-corrected chi connectivity index (χ0v) is 22.7. The maximum absolute atomic E-state index is 13.6. The lowest BCUT2D eigenvalue weighted by Crippen LogP contribution is -2.42. The van der Waals surface area contributed by atoms with Gasteiger partial charge in [-0.1, -0.05) is 17.7 Å². The summed E-state index contributed by atoms with van der Waals surface area (Å²) in [5, 5.41) is 39.3. The second-order valence-electron chi connectivity index (χ2n) is 9.91. The molecule has 1 heterocycles. The molecule has 0 spiro atoms. The molecule has 41 heavy (non-hydrogen) atoms. The fourth-order valence-corrected chi connectivity index (χ4v) is 4.08. The minimum absolute atomic E-state index is 0.0207. The number of halogens is 4. The Morgan fingerprint density at radius 2 is 1.85 bits per heavy atom. The zero-order valence-electron chi connectivity index (χ0n) is 22.0. The number of carbonyl (C=O) groups is 3. The van der Waals surface area contributed by atoms with Crippen LogP contribution in [0.4, 0.5) is 18.9 Å². The summed E-state index contributed by atoms with van der Waals surface area (Å²) in [4.78, 5) is 40.9. The van der Waals surface area contributed by atoms with Crippen LogP contribution < -0.4 is 21.3 Å². The number of carbonyl (C=O) groups excluding carboxylic acids is 2. The molecule has 11 nitrogen and oxygen atoms in total. The van der Waals surface area contributed by atoms with Gasteiger partial charge in [0, 0.05) is 28.9 Å². The first kappa shape index (κ1) is 31.5. The van der Waals surface area contributed by atoms with Gasteiger partial charge >= 0.3 is 12.1 Å². The van der Waals surface area contributed by atoms with Gasteiger partial charge < -0.3 is 36.6 Å². The highest BCUT2D eigenvalue weighted by atomic mass is 35.5. The molecular weight excluding hydrogens is 571 g/mol. The third-order valence-electron chi connectivity index (χ3n) is 6.28. The number of aromatic hydroxyl groups is 1. The average molecular weight is 600 g/mol. The zero-order chi connectivity index (χ0) is 30.5. The van der Waals surface area contributed by atoms with Crippen molar-refractivity contribution in [2.45, 2.75) is 44.0 Å². The summed E-state index contributed by atoms with van der Waals surface area (Å²) in [6, 6.07) is 6.13. The van der Waals surface area contributed by atoms with Crippen LogP contribution in [0.3, 0.4) is 0 Å². The summed E-state index contributed by atoms with van der Waals surface area (Å²) in [6.45, 7) is 1.72. The van der Waals surface area contributed by atoms with E-state index in [2.05, 4.69) is 26.3 Å². The van der Waals surface area contributed by atoms with Crippen LogP contribution in [0.15, 0.2) is 41.4 Å². The Balaban J connectivity index is 1.71. The van der Waals surface area contributed by atoms with E-state index in [0.717, 1.165) is 32.0 Å². The van der Waals surface area contributed by atoms with E-state index >= 15 is 0 Å². The second-order valence-corrected chi connectivity index (χ2v) is 10.4. The summed E-state index contributed by atoms with van der Waals surface area (Å²) >= 11 is 6.05. The van der Waals surface area contributed by atoms with Crippen molar-refractivity contribution in [3.8, 4) is 5.75 Å². The SMILES string of the molecule is CC(C)(c1cc(Cl)cc(C(CC(=O)O)NC(=O)CNC(=O)c2cc(O)cc(NC3=NCC(O)CN3)c2)c1)C(F)(F)F. The van der Waals surface area contributed by atoms with Crippen LogP contribution in [-0.4, -0.2) is 71.0 Å². The van der Waals surface area contributed by atoms with Gasteiger partial charge in [-0.25, -0.2) is 0 Å². The first-order valence-electron chi connectivity index (χ1n) is 12.3. The number of phenolic OH excluding ortho intramolecular Hbond substituents is 1. The Bertz CT molecular complexity index is 1350. The van der Waals surface area contributed by atoms with Crippen LogP contribution in [0, 0.1) is 0 Å². The number of rotatable bonds is 9. The molecule has 0 radical (unpaired) electrons. The van der Waals surface area contributed by atoms with Crippen molar-refractivity contribution in [2.24, 2.45) is 4.99 Å². The lowest BCUT2D eigenvalue weighted by molar-refractivity contribution is -0.180. The van der Waals surface area contributed by atoms with Gasteiger partial charge in [0.1, 0.15) is 5.75 Å². The summed E-state index contributed by atoms with van der Waals surface area (Å²) in [7, 11) is 0. The molecule has 2 atom stereocenters. The van der Waals surface area contributed by atoms with Gasteiger partial charge in [0.15, 0.2) is 5.96 Å². The number of amides is 2. The Morgan fingerprint density at radius 3 is 2.46 bits per heavy atom. The summed E-state index contributed by atoms with van der Waals surface area (Å²) in [5.41, 5.74) is -2.21. The molecule has 0 aliphatic carbocycles. The van der Waals surface area contributed by atoms with E-state index in [9.17, 15) is 42.9 Å². The van der Waals surface area contributed by atoms with Crippen molar-refractivity contribution in [1.29, 1.82) is 0 Å². The molecule has 7 N–H and O–H groups in total. The Hall–Kier alpha value is -4.04. The van der Waals surface area contributed by atoms with Gasteiger partial charge in [0.05, 0.1) is 37.1 Å². The molecule has 0 saturated carbocycles. The highest BCUT2D eigenvalue weighted by Crippen LogP contribution is 2.42. The molecule has 2 unspecified atom stereocenters. The van der Waals surface area contributed by atoms with Gasteiger partial charge in [-0.2, -0.15) is 13.2 Å². The number of hydrogen-bond donors (Lipinski definition) is 7. The predicted molar refractivity (Wildman–Crippen MR) is 144 cm³/mol. The Morgan fingerprint density at radius 1 is 1.15 bits per heavy atom. The van der Waals surface area contributed by atoms with Crippen LogP contribution >= 0.6 is 11.6 Å². The number of nitrogens with zero attached hydrogens (tertiary/aromatic N) is 1. The molecule has 222 valence electrons. The van der Waals surface area contributed by atoms with E-state index in [4.69, 9.17) is 11.6 Å². The molecule has 2 amide bonds. The van der Waals surface area contributed by atoms with Crippen LogP contribution in [0.5, 0.6) is 5.75 Å². The van der Waals surface area contributed by atoms with Gasteiger partial charge in [-0.15, -0.1) is 0 Å². The maximum atomic E-state index is 13.6. The molecule has 0 aromatic heterocycles. The standard InChI is InChI=1S/C26H29ClF3N5O6/c1-25(2,26(28,29)30)15-3-13(4-16(27)7-15)20(9-22(39)40)35-21(38)12-31-23(41)14-5-17(8-18(36)6-14)34-24-32-10-19(37)11-33-24/h3-8,19-20,36-37H,9-12H2,1-2H3,(H,31,41)(H,35,38)(H,39,40)(H2,32,33,34). The van der Waals surface area contributed by atoms with Crippen LogP contribution in [0.1, 0.15) is 47.8 Å². The average Bonchev–Trinajstić information content (AvgIpc) is 2.86. The topological polar surface area (TPSA) is 172 Å². The minimum Gasteiger partial charge on any atom is -0.508 e. The number of β-amino-alcohol motifs (C(OH)–C–C–N with tert-alkyl or cyclic N) is 1. The summed E-state index contributed by atoms with van der Waals surface area (Å²) < 4.78 is 40.8. The number of benzene rings is 2. The predicted octanol–water partition coefficient (Wildman–Crippen LogP) is 2.68. The number of hydrogen-bond acceptors (Lipinski definition) is 8. The fraction of sp³-hybridized carbons (Fsp3) is 0.385. The highest BCUT2D eigenvalue weighted by molar-refractivity contribution is 6.30. The van der Waals surface area contributed by atoms with Gasteiger partial charge in [-0.05, 0) is 49.2 Å². The number of nitrogens with one attached hydrogen (secondary N) is 4. The lowest BCUT2D eigenvalue weighted by atomic mass is 9.82. The first-order valence-corrected chi connectivity index (χ1v) is 12.7. The Kier molecular flexibility index (Phi) is 9.71. The van der Waals surface area contributed by atoms with Crippen molar-refractivity contribution in [2.75, 3.05) is 25.0 Å². The van der Waals surface area contributed by atoms with E-state index < -0.39 is 54.5 Å². The smallest absolute Gasteiger partial charge is 0.397 e. The third kappa shape index (κ3) is 8.47. The van der Waals surface area contributed by atoms with Crippen LogP contribution in [-0.2, 0) is 15.0 Å². The fourth-order valence-electron chi connectivity index (χ4n) is 3.84. The number of aliphatic hydroxyl groups is 1. The van der Waals surface area contributed by atoms with Gasteiger partial charge in [0.25, 0.3) is 5.91 Å². The molecule has 15 heteroatoms. The van der Waals surface area contributed by atoms with Crippen molar-refractivity contribution < 1.29 is 42.9 Å². The van der Waals surface area contributed by atoms with Crippen molar-refractivity contribution in [3.05, 3.63) is 58.1 Å². The van der Waals surface area contributed by atoms with E-state index in [1.165, 1.54) is 18.2 Å². The molecule has 0 bridgehead atoms. The third-order valence-corrected chi connectivity index (χ3v) is 6.50. The molecular formula is C26H29ClF3N5O6. The van der Waals surface area contributed by atoms with Crippen molar-refractivity contribution in [1.82, 2.24) is 16.0 Å². The molecule has 0 fully saturated rings. The maximum Gasteiger partial charge on any atom is 0.397 e. The minimum atomic E-state index is -4.63. The molecule has 0 saturated heterocycles. The highest BCUT2D eigenvalue weighted by Gasteiger charge is 2.48. The monoisotopic (exact) mass is 599 g/mol. The number of anilines is 1. The number of alkyl halides is 3. The first-order chi connectivity index (χ1) is 19.0. The number of carboxylic acid groups (broad SMARTS) is 1. The molecule has 2 aromatic rings. The quantitative estimate of drug-likeness (QED) is 0.230. The van der Waals surface area contributed by atoms with Crippen LogP contribution in [0.2, 0.25) is 5.02 Å². The van der Waals surface area contributed by atoms with Gasteiger partial charge in [0.2, 0.25) is 5.91 Å². The number of carboxylic acids is 1. The number of aliphatic imine (C=N–C) groups is 1. The number of guanidine groups is 1. The Labute approximate surface area is 237 Å². The van der Waals surface area contributed by atoms with E-state index in [1.54, 1.807) is 0 Å². The molecule has 2 aromatic carbocycles. The van der Waals surface area contributed by atoms with E-state index in [-0.39, 0.29) is 40.6 Å². The second kappa shape index (κ2) is 12.6. The molecule has 1 aliphatic rings. The van der Waals surface area contributed by atoms with Gasteiger partial charge in [-0.3, -0.25) is 19.4 Å². The van der Waals surface area contributed by atoms with Crippen molar-refractivity contribution >= 4 is 41.0 Å². The largest absolute Gasteiger partial charge is 0.508 e. The molecule has 1 aliphatic heterocycles. The number of aliphatic hydroxyl groups excluding tert-OH is 1. The number of aliphatic carboxylic acids is 1. The van der Waals surface area contributed by atoms with E-state index in [1.807, 2.05) is 0 Å². The van der Waals surface area contributed by atoms with Crippen molar-refractivity contribution in [3.63, 3.8) is 0 Å². The lowest BCUT2D eigenvalue weighted by Gasteiger charge is -2.29.